The Bertz CT molecular complexity index is 1420. The minimum Gasteiger partial charge on any atom is -0.504 e. The lowest BCUT2D eigenvalue weighted by atomic mass is 9.83. The van der Waals surface area contributed by atoms with Gasteiger partial charge in [-0.05, 0) is 25.0 Å². The summed E-state index contributed by atoms with van der Waals surface area (Å²) in [6.45, 7) is -0.0229. The largest absolute Gasteiger partial charge is 0.504 e. The third kappa shape index (κ3) is 5.15. The van der Waals surface area contributed by atoms with Crippen molar-refractivity contribution in [2.75, 3.05) is 12.3 Å². The SMILES string of the molecule is Nc1ncnc2c1ncn2[C@@H]1O[C@H](C=CCNC(=O)c2cc(C(=O)C3CCCCC3)cc(O)c2O)[C@H](O)C1O. The molecule has 2 aliphatic rings. The lowest BCUT2D eigenvalue weighted by Crippen LogP contribution is -2.31. The molecule has 39 heavy (non-hydrogen) atoms. The molecule has 2 aromatic heterocycles. The van der Waals surface area contributed by atoms with Gasteiger partial charge in [0.1, 0.15) is 30.2 Å². The lowest BCUT2D eigenvalue weighted by Gasteiger charge is -2.20. The van der Waals surface area contributed by atoms with Crippen molar-refractivity contribution >= 4 is 28.7 Å². The predicted molar refractivity (Wildman–Crippen MR) is 138 cm³/mol. The number of fused-ring (bicyclic) bond motifs is 1. The number of carbonyl (C=O) groups is 2. The second kappa shape index (κ2) is 11.0. The molecule has 1 unspecified atom stereocenters. The van der Waals surface area contributed by atoms with Crippen LogP contribution < -0.4 is 11.1 Å². The fourth-order valence-electron chi connectivity index (χ4n) is 5.11. The first-order chi connectivity index (χ1) is 18.8. The Morgan fingerprint density at radius 3 is 2.64 bits per heavy atom. The number of ether oxygens (including phenoxy) is 1. The molecule has 13 heteroatoms. The summed E-state index contributed by atoms with van der Waals surface area (Å²) in [6, 6.07) is 2.48. The maximum Gasteiger partial charge on any atom is 0.255 e. The summed E-state index contributed by atoms with van der Waals surface area (Å²) in [4.78, 5) is 37.8. The molecule has 1 saturated heterocycles. The molecular formula is C26H30N6O7. The van der Waals surface area contributed by atoms with Gasteiger partial charge in [0.05, 0.1) is 11.9 Å². The van der Waals surface area contributed by atoms with E-state index in [0.29, 0.717) is 11.2 Å². The molecule has 1 aromatic carbocycles. The number of aliphatic hydroxyl groups excluding tert-OH is 2. The molecule has 0 spiro atoms. The number of aliphatic hydroxyl groups is 2. The minimum atomic E-state index is -1.30. The zero-order valence-electron chi connectivity index (χ0n) is 21.0. The number of phenolic OH excluding ortho intramolecular Hbond substituents is 2. The van der Waals surface area contributed by atoms with E-state index in [-0.39, 0.29) is 35.2 Å². The van der Waals surface area contributed by atoms with Crippen LogP contribution in [0.1, 0.15) is 59.0 Å². The van der Waals surface area contributed by atoms with Gasteiger partial charge in [-0.2, -0.15) is 0 Å². The molecule has 1 aliphatic carbocycles. The average Bonchev–Trinajstić information content (AvgIpc) is 3.49. The van der Waals surface area contributed by atoms with Gasteiger partial charge >= 0.3 is 0 Å². The Kier molecular flexibility index (Phi) is 7.46. The molecule has 0 bridgehead atoms. The quantitative estimate of drug-likeness (QED) is 0.143. The highest BCUT2D eigenvalue weighted by atomic mass is 16.6. The van der Waals surface area contributed by atoms with E-state index in [1.165, 1.54) is 41.5 Å². The van der Waals surface area contributed by atoms with Crippen molar-refractivity contribution in [1.82, 2.24) is 24.8 Å². The molecule has 2 fully saturated rings. The Morgan fingerprint density at radius 1 is 1.10 bits per heavy atom. The highest BCUT2D eigenvalue weighted by molar-refractivity contribution is 6.04. The van der Waals surface area contributed by atoms with Crippen LogP contribution in [0.5, 0.6) is 11.5 Å². The molecule has 4 atom stereocenters. The van der Waals surface area contributed by atoms with Crippen molar-refractivity contribution < 1.29 is 34.8 Å². The van der Waals surface area contributed by atoms with Gasteiger partial charge in [0.2, 0.25) is 0 Å². The van der Waals surface area contributed by atoms with Crippen molar-refractivity contribution in [3.63, 3.8) is 0 Å². The summed E-state index contributed by atoms with van der Waals surface area (Å²) < 4.78 is 7.27. The van der Waals surface area contributed by atoms with Gasteiger partial charge < -0.3 is 36.2 Å². The van der Waals surface area contributed by atoms with Gasteiger partial charge in [0.15, 0.2) is 35.0 Å². The number of rotatable bonds is 7. The van der Waals surface area contributed by atoms with E-state index >= 15 is 0 Å². The number of hydrogen-bond donors (Lipinski definition) is 6. The molecule has 1 saturated carbocycles. The first-order valence-electron chi connectivity index (χ1n) is 12.8. The van der Waals surface area contributed by atoms with Gasteiger partial charge in [-0.25, -0.2) is 15.0 Å². The van der Waals surface area contributed by atoms with Crippen LogP contribution in [0.2, 0.25) is 0 Å². The van der Waals surface area contributed by atoms with Crippen LogP contribution in [0.15, 0.2) is 36.9 Å². The summed E-state index contributed by atoms with van der Waals surface area (Å²) in [5.74, 6) is -2.00. The number of benzene rings is 1. The van der Waals surface area contributed by atoms with E-state index < -0.39 is 41.9 Å². The number of nitrogens with zero attached hydrogens (tertiary/aromatic N) is 4. The average molecular weight is 539 g/mol. The Labute approximate surface area is 223 Å². The topological polar surface area (TPSA) is 206 Å². The number of amides is 1. The summed E-state index contributed by atoms with van der Waals surface area (Å²) in [6.07, 6.45) is 5.68. The Morgan fingerprint density at radius 2 is 1.87 bits per heavy atom. The number of imidazole rings is 1. The van der Waals surface area contributed by atoms with E-state index in [2.05, 4.69) is 20.3 Å². The Hall–Kier alpha value is -4.07. The molecule has 0 radical (unpaired) electrons. The number of aromatic hydroxyl groups is 2. The number of ketones is 1. The highest BCUT2D eigenvalue weighted by Crippen LogP contribution is 2.34. The van der Waals surface area contributed by atoms with Crippen LogP contribution in [0.4, 0.5) is 5.82 Å². The van der Waals surface area contributed by atoms with Gasteiger partial charge in [-0.3, -0.25) is 14.2 Å². The van der Waals surface area contributed by atoms with Gasteiger partial charge in [0.25, 0.3) is 5.91 Å². The zero-order valence-corrected chi connectivity index (χ0v) is 21.0. The second-order valence-corrected chi connectivity index (χ2v) is 9.78. The fraction of sp³-hybridized carbons (Fsp3) is 0.423. The first kappa shape index (κ1) is 26.5. The lowest BCUT2D eigenvalue weighted by molar-refractivity contribution is -0.0245. The van der Waals surface area contributed by atoms with Crippen LogP contribution in [-0.4, -0.2) is 76.5 Å². The maximum atomic E-state index is 12.9. The molecule has 1 amide bonds. The number of nitrogens with two attached hydrogens (primary N) is 1. The van der Waals surface area contributed by atoms with E-state index in [9.17, 15) is 30.0 Å². The summed E-state index contributed by atoms with van der Waals surface area (Å²) in [7, 11) is 0. The number of nitrogen functional groups attached to an aromatic ring is 1. The molecule has 3 heterocycles. The van der Waals surface area contributed by atoms with Crippen molar-refractivity contribution in [1.29, 1.82) is 0 Å². The number of carbonyl (C=O) groups excluding carboxylic acids is 2. The zero-order chi connectivity index (χ0) is 27.7. The second-order valence-electron chi connectivity index (χ2n) is 9.78. The molecule has 3 aromatic rings. The van der Waals surface area contributed by atoms with Crippen molar-refractivity contribution in [3.8, 4) is 11.5 Å². The van der Waals surface area contributed by atoms with E-state index in [1.54, 1.807) is 0 Å². The van der Waals surface area contributed by atoms with Crippen LogP contribution in [-0.2, 0) is 4.74 Å². The predicted octanol–water partition coefficient (Wildman–Crippen LogP) is 1.19. The molecule has 13 nitrogen and oxygen atoms in total. The number of phenols is 2. The van der Waals surface area contributed by atoms with Crippen molar-refractivity contribution in [3.05, 3.63) is 48.1 Å². The molecule has 206 valence electrons. The van der Waals surface area contributed by atoms with Crippen molar-refractivity contribution in [2.24, 2.45) is 5.92 Å². The smallest absolute Gasteiger partial charge is 0.255 e. The normalized spacial score (nSPS) is 23.9. The molecule has 7 N–H and O–H groups in total. The maximum absolute atomic E-state index is 12.9. The van der Waals surface area contributed by atoms with Crippen LogP contribution in [0, 0.1) is 5.92 Å². The van der Waals surface area contributed by atoms with Gasteiger partial charge in [-0.15, -0.1) is 0 Å². The highest BCUT2D eigenvalue weighted by Gasteiger charge is 2.43. The number of aromatic nitrogens is 4. The van der Waals surface area contributed by atoms with E-state index in [1.807, 2.05) is 0 Å². The van der Waals surface area contributed by atoms with E-state index in [0.717, 1.165) is 32.1 Å². The van der Waals surface area contributed by atoms with E-state index in [4.69, 9.17) is 10.5 Å². The number of anilines is 1. The number of hydrogen-bond acceptors (Lipinski definition) is 11. The summed E-state index contributed by atoms with van der Waals surface area (Å²) in [5.41, 5.74) is 6.44. The van der Waals surface area contributed by atoms with Gasteiger partial charge in [0, 0.05) is 18.0 Å². The molecule has 5 rings (SSSR count). The third-order valence-electron chi connectivity index (χ3n) is 7.24. The third-order valence-corrected chi connectivity index (χ3v) is 7.24. The monoisotopic (exact) mass is 538 g/mol. The number of Topliss-reactive ketones (excluding diaryl/α,β-unsaturated/α-hetero) is 1. The molecule has 1 aliphatic heterocycles. The molecular weight excluding hydrogens is 508 g/mol. The number of nitrogens with one attached hydrogen (secondary N) is 1. The standard InChI is InChI=1S/C26H30N6O7/c27-23-18-24(30-11-29-23)32(12-31-18)26-22(37)21(36)17(39-26)7-4-8-28-25(38)15-9-14(10-16(33)20(15)35)19(34)13-5-2-1-3-6-13/h4,7,9-13,17,21-22,26,33,35-37H,1-3,5-6,8H2,(H,28,38)(H2,27,29,30)/t17-,21+,22?,26-/m1/s1. The fourth-order valence-corrected chi connectivity index (χ4v) is 5.11. The Balaban J connectivity index is 1.23. The summed E-state index contributed by atoms with van der Waals surface area (Å²) >= 11 is 0. The van der Waals surface area contributed by atoms with Crippen LogP contribution >= 0.6 is 0 Å². The minimum absolute atomic E-state index is 0.0229. The first-order valence-corrected chi connectivity index (χ1v) is 12.8. The summed E-state index contributed by atoms with van der Waals surface area (Å²) in [5, 5.41) is 44.0. The van der Waals surface area contributed by atoms with Gasteiger partial charge in [-0.1, -0.05) is 31.4 Å². The van der Waals surface area contributed by atoms with Crippen LogP contribution in [0.25, 0.3) is 11.2 Å². The van der Waals surface area contributed by atoms with Crippen LogP contribution in [0.3, 0.4) is 0 Å². The van der Waals surface area contributed by atoms with Crippen molar-refractivity contribution in [2.45, 2.75) is 56.6 Å².